The van der Waals surface area contributed by atoms with E-state index < -0.39 is 28.9 Å². The highest BCUT2D eigenvalue weighted by Gasteiger charge is 2.19. The maximum absolute atomic E-state index is 13.3. The average molecular weight is 280 g/mol. The van der Waals surface area contributed by atoms with Crippen molar-refractivity contribution < 1.29 is 18.0 Å². The third-order valence-corrected chi connectivity index (χ3v) is 2.70. The highest BCUT2D eigenvalue weighted by molar-refractivity contribution is 6.17. The fourth-order valence-electron chi connectivity index (χ4n) is 1.46. The van der Waals surface area contributed by atoms with Crippen molar-refractivity contribution in [3.63, 3.8) is 0 Å². The fourth-order valence-corrected chi connectivity index (χ4v) is 1.61. The zero-order valence-corrected chi connectivity index (χ0v) is 10.5. The second kappa shape index (κ2) is 6.64. The van der Waals surface area contributed by atoms with Gasteiger partial charge in [0, 0.05) is 11.9 Å². The Morgan fingerprint density at radius 2 is 2.00 bits per heavy atom. The topological polar surface area (TPSA) is 29.1 Å². The lowest BCUT2D eigenvalue weighted by molar-refractivity contribution is 0.0933. The number of hydrogen-bond acceptors (Lipinski definition) is 1. The molecule has 2 nitrogen and oxygen atoms in total. The first-order valence-corrected chi connectivity index (χ1v) is 6.01. The molecule has 6 heteroatoms. The molecule has 0 radical (unpaired) electrons. The van der Waals surface area contributed by atoms with Crippen LogP contribution in [0.5, 0.6) is 0 Å². The van der Waals surface area contributed by atoms with E-state index in [2.05, 4.69) is 5.32 Å². The summed E-state index contributed by atoms with van der Waals surface area (Å²) >= 11 is 5.50. The number of nitrogens with one attached hydrogen (secondary N) is 1. The summed E-state index contributed by atoms with van der Waals surface area (Å²) in [5.74, 6) is -4.75. The summed E-state index contributed by atoms with van der Waals surface area (Å²) in [5.41, 5.74) is -0.508. The molecule has 0 saturated heterocycles. The summed E-state index contributed by atoms with van der Waals surface area (Å²) in [5, 5.41) is 2.49. The largest absolute Gasteiger partial charge is 0.349 e. The number of carbonyl (C=O) groups excluding carboxylic acids is 1. The number of alkyl halides is 1. The molecule has 1 unspecified atom stereocenters. The zero-order valence-electron chi connectivity index (χ0n) is 9.77. The molecule has 0 aliphatic carbocycles. The van der Waals surface area contributed by atoms with Crippen molar-refractivity contribution in [1.82, 2.24) is 5.32 Å². The molecule has 0 spiro atoms. The first kappa shape index (κ1) is 14.8. The fraction of sp³-hybridized carbons (Fsp3) is 0.417. The molecule has 1 N–H and O–H groups in total. The van der Waals surface area contributed by atoms with E-state index in [4.69, 9.17) is 11.6 Å². The van der Waals surface area contributed by atoms with Crippen molar-refractivity contribution in [2.75, 3.05) is 5.88 Å². The second-order valence-corrected chi connectivity index (χ2v) is 4.31. The summed E-state index contributed by atoms with van der Waals surface area (Å²) in [7, 11) is 0. The van der Waals surface area contributed by atoms with Gasteiger partial charge in [-0.1, -0.05) is 0 Å². The quantitative estimate of drug-likeness (QED) is 0.651. The number of amides is 1. The molecule has 1 aromatic rings. The van der Waals surface area contributed by atoms with Gasteiger partial charge in [-0.2, -0.15) is 0 Å². The minimum Gasteiger partial charge on any atom is -0.349 e. The van der Waals surface area contributed by atoms with Crippen molar-refractivity contribution in [3.05, 3.63) is 35.1 Å². The SMILES string of the molecule is CC(CCCCl)NC(=O)c1ccc(F)c(F)c1F. The maximum Gasteiger partial charge on any atom is 0.254 e. The van der Waals surface area contributed by atoms with Crippen LogP contribution in [0, 0.1) is 17.5 Å². The van der Waals surface area contributed by atoms with Crippen LogP contribution in [0.2, 0.25) is 0 Å². The molecular weight excluding hydrogens is 267 g/mol. The van der Waals surface area contributed by atoms with Gasteiger partial charge in [0.25, 0.3) is 5.91 Å². The number of rotatable bonds is 5. The summed E-state index contributed by atoms with van der Waals surface area (Å²) in [4.78, 5) is 11.6. The monoisotopic (exact) mass is 279 g/mol. The summed E-state index contributed by atoms with van der Waals surface area (Å²) < 4.78 is 39.0. The van der Waals surface area contributed by atoms with Gasteiger partial charge in [0.1, 0.15) is 0 Å². The Hall–Kier alpha value is -1.23. The molecule has 0 aliphatic rings. The zero-order chi connectivity index (χ0) is 13.7. The van der Waals surface area contributed by atoms with Gasteiger partial charge < -0.3 is 5.32 Å². The number of hydrogen-bond donors (Lipinski definition) is 1. The van der Waals surface area contributed by atoms with Crippen molar-refractivity contribution >= 4 is 17.5 Å². The van der Waals surface area contributed by atoms with E-state index in [0.717, 1.165) is 12.1 Å². The van der Waals surface area contributed by atoms with Gasteiger partial charge in [0.15, 0.2) is 17.5 Å². The number of halogens is 4. The van der Waals surface area contributed by atoms with Crippen LogP contribution in [-0.2, 0) is 0 Å². The Morgan fingerprint density at radius 1 is 1.33 bits per heavy atom. The Bertz CT molecular complexity index is 440. The van der Waals surface area contributed by atoms with Crippen LogP contribution < -0.4 is 5.32 Å². The molecule has 1 rings (SSSR count). The lowest BCUT2D eigenvalue weighted by Crippen LogP contribution is -2.33. The maximum atomic E-state index is 13.3. The Kier molecular flexibility index (Phi) is 5.47. The van der Waals surface area contributed by atoms with Crippen LogP contribution in [0.3, 0.4) is 0 Å². The van der Waals surface area contributed by atoms with E-state index in [-0.39, 0.29) is 6.04 Å². The van der Waals surface area contributed by atoms with Crippen LogP contribution in [0.4, 0.5) is 13.2 Å². The van der Waals surface area contributed by atoms with Crippen molar-refractivity contribution in [2.45, 2.75) is 25.8 Å². The Labute approximate surface area is 108 Å². The third kappa shape index (κ3) is 3.63. The normalized spacial score (nSPS) is 12.3. The summed E-state index contributed by atoms with van der Waals surface area (Å²) in [6.07, 6.45) is 1.32. The van der Waals surface area contributed by atoms with Crippen LogP contribution >= 0.6 is 11.6 Å². The van der Waals surface area contributed by atoms with Crippen molar-refractivity contribution in [1.29, 1.82) is 0 Å². The molecule has 0 aliphatic heterocycles. The van der Waals surface area contributed by atoms with E-state index in [9.17, 15) is 18.0 Å². The molecule has 1 amide bonds. The van der Waals surface area contributed by atoms with Crippen LogP contribution in [0.15, 0.2) is 12.1 Å². The van der Waals surface area contributed by atoms with E-state index in [1.165, 1.54) is 0 Å². The van der Waals surface area contributed by atoms with Gasteiger partial charge >= 0.3 is 0 Å². The molecule has 0 heterocycles. The second-order valence-electron chi connectivity index (χ2n) is 3.93. The molecule has 1 aromatic carbocycles. The minimum absolute atomic E-state index is 0.219. The van der Waals surface area contributed by atoms with Crippen molar-refractivity contribution in [3.8, 4) is 0 Å². The van der Waals surface area contributed by atoms with Crippen LogP contribution in [0.25, 0.3) is 0 Å². The van der Waals surface area contributed by atoms with E-state index in [1.54, 1.807) is 6.92 Å². The predicted molar refractivity (Wildman–Crippen MR) is 63.2 cm³/mol. The Morgan fingerprint density at radius 3 is 2.61 bits per heavy atom. The molecule has 0 fully saturated rings. The number of benzene rings is 1. The molecule has 100 valence electrons. The van der Waals surface area contributed by atoms with E-state index in [0.29, 0.717) is 18.7 Å². The molecule has 0 aromatic heterocycles. The standard InChI is InChI=1S/C12H13ClF3NO/c1-7(3-2-6-13)17-12(18)8-4-5-9(14)11(16)10(8)15/h4-5,7H,2-3,6H2,1H3,(H,17,18). The molecule has 0 saturated carbocycles. The van der Waals surface area contributed by atoms with Gasteiger partial charge in [0.05, 0.1) is 5.56 Å². The van der Waals surface area contributed by atoms with Gasteiger partial charge in [-0.05, 0) is 31.9 Å². The highest BCUT2D eigenvalue weighted by Crippen LogP contribution is 2.15. The average Bonchev–Trinajstić information content (AvgIpc) is 2.33. The highest BCUT2D eigenvalue weighted by atomic mass is 35.5. The van der Waals surface area contributed by atoms with Crippen LogP contribution in [0.1, 0.15) is 30.1 Å². The summed E-state index contributed by atoms with van der Waals surface area (Å²) in [6, 6.07) is 1.41. The minimum atomic E-state index is -1.64. The van der Waals surface area contributed by atoms with E-state index >= 15 is 0 Å². The molecule has 18 heavy (non-hydrogen) atoms. The lowest BCUT2D eigenvalue weighted by atomic mass is 10.1. The van der Waals surface area contributed by atoms with Gasteiger partial charge in [-0.25, -0.2) is 13.2 Å². The van der Waals surface area contributed by atoms with Gasteiger partial charge in [-0.15, -0.1) is 11.6 Å². The summed E-state index contributed by atoms with van der Waals surface area (Å²) in [6.45, 7) is 1.72. The first-order valence-electron chi connectivity index (χ1n) is 5.47. The van der Waals surface area contributed by atoms with Gasteiger partial charge in [-0.3, -0.25) is 4.79 Å². The van der Waals surface area contributed by atoms with Gasteiger partial charge in [0.2, 0.25) is 0 Å². The molecular formula is C12H13ClF3NO. The van der Waals surface area contributed by atoms with Crippen LogP contribution in [-0.4, -0.2) is 17.8 Å². The molecule has 1 atom stereocenters. The first-order chi connectivity index (χ1) is 8.47. The van der Waals surface area contributed by atoms with Crippen molar-refractivity contribution in [2.24, 2.45) is 0 Å². The lowest BCUT2D eigenvalue weighted by Gasteiger charge is -2.13. The third-order valence-electron chi connectivity index (χ3n) is 2.43. The number of carbonyl (C=O) groups is 1. The Balaban J connectivity index is 2.76. The smallest absolute Gasteiger partial charge is 0.254 e. The van der Waals surface area contributed by atoms with E-state index in [1.807, 2.05) is 0 Å². The molecule has 0 bridgehead atoms. The predicted octanol–water partition coefficient (Wildman–Crippen LogP) is 3.24.